The van der Waals surface area contributed by atoms with E-state index in [9.17, 15) is 28.7 Å². The second kappa shape index (κ2) is 10.9. The van der Waals surface area contributed by atoms with Gasteiger partial charge in [-0.1, -0.05) is 12.1 Å². The SMILES string of the molecule is CC(C)N1CCn2c(nc(C(=O)NCc3ccc(F)cc3)c(O)c2=O)C(N(C)C(=O)C(=O)N(C)C)C1. The lowest BCUT2D eigenvalue weighted by molar-refractivity contribution is -0.151. The minimum Gasteiger partial charge on any atom is -0.501 e. The third kappa shape index (κ3) is 5.54. The summed E-state index contributed by atoms with van der Waals surface area (Å²) in [5.41, 5.74) is -0.702. The number of nitrogens with zero attached hydrogens (tertiary/aromatic N) is 5. The smallest absolute Gasteiger partial charge is 0.312 e. The van der Waals surface area contributed by atoms with Gasteiger partial charge in [-0.3, -0.25) is 28.6 Å². The van der Waals surface area contributed by atoms with Crippen molar-refractivity contribution in [2.45, 2.75) is 39.0 Å². The quantitative estimate of drug-likeness (QED) is 0.564. The largest absolute Gasteiger partial charge is 0.501 e. The second-order valence-corrected chi connectivity index (χ2v) is 9.15. The number of carbonyl (C=O) groups excluding carboxylic acids is 3. The molecule has 2 heterocycles. The molecule has 0 bridgehead atoms. The van der Waals surface area contributed by atoms with Crippen LogP contribution in [0.3, 0.4) is 0 Å². The van der Waals surface area contributed by atoms with Crippen molar-refractivity contribution in [2.75, 3.05) is 34.2 Å². The Bertz CT molecular complexity index is 1210. The number of nitrogens with one attached hydrogen (secondary N) is 1. The second-order valence-electron chi connectivity index (χ2n) is 9.15. The molecule has 1 aromatic heterocycles. The summed E-state index contributed by atoms with van der Waals surface area (Å²) in [6.07, 6.45) is 0. The standard InChI is InChI=1S/C24H31FN6O5/c1-14(2)30-10-11-31-20(17(13-30)29(5)24(36)23(35)28(3)4)27-18(19(32)22(31)34)21(33)26-12-15-6-8-16(25)9-7-15/h6-9,14,17,32H,10-13H2,1-5H3,(H,26,33). The van der Waals surface area contributed by atoms with E-state index in [0.717, 1.165) is 4.90 Å². The van der Waals surface area contributed by atoms with Gasteiger partial charge in [0.2, 0.25) is 5.75 Å². The van der Waals surface area contributed by atoms with E-state index in [0.29, 0.717) is 12.1 Å². The fourth-order valence-electron chi connectivity index (χ4n) is 3.93. The molecule has 0 spiro atoms. The van der Waals surface area contributed by atoms with Gasteiger partial charge in [0.15, 0.2) is 5.69 Å². The number of fused-ring (bicyclic) bond motifs is 1. The van der Waals surface area contributed by atoms with Gasteiger partial charge < -0.3 is 20.2 Å². The van der Waals surface area contributed by atoms with Gasteiger partial charge in [-0.05, 0) is 31.5 Å². The maximum Gasteiger partial charge on any atom is 0.312 e. The average molecular weight is 503 g/mol. The van der Waals surface area contributed by atoms with E-state index >= 15 is 0 Å². The van der Waals surface area contributed by atoms with Crippen LogP contribution in [0.1, 0.15) is 41.8 Å². The van der Waals surface area contributed by atoms with E-state index in [1.54, 1.807) is 0 Å². The lowest BCUT2D eigenvalue weighted by Crippen LogP contribution is -2.46. The van der Waals surface area contributed by atoms with Crippen LogP contribution in [0.5, 0.6) is 5.75 Å². The Hall–Kier alpha value is -3.80. The molecule has 0 saturated carbocycles. The molecule has 12 heteroatoms. The highest BCUT2D eigenvalue weighted by atomic mass is 19.1. The Balaban J connectivity index is 2.02. The van der Waals surface area contributed by atoms with E-state index < -0.39 is 46.6 Å². The normalized spacial score (nSPS) is 15.7. The van der Waals surface area contributed by atoms with E-state index in [4.69, 9.17) is 0 Å². The molecule has 2 N–H and O–H groups in total. The number of aromatic nitrogens is 2. The first kappa shape index (κ1) is 26.8. The van der Waals surface area contributed by atoms with E-state index in [1.165, 1.54) is 54.9 Å². The molecule has 3 rings (SSSR count). The van der Waals surface area contributed by atoms with Crippen LogP contribution in [0, 0.1) is 5.82 Å². The maximum absolute atomic E-state index is 13.1. The number of likely N-dealkylation sites (N-methyl/N-ethyl adjacent to an activating group) is 2. The number of carbonyl (C=O) groups is 3. The van der Waals surface area contributed by atoms with Gasteiger partial charge in [-0.25, -0.2) is 9.37 Å². The monoisotopic (exact) mass is 502 g/mol. The fraction of sp³-hybridized carbons (Fsp3) is 0.458. The molecule has 1 unspecified atom stereocenters. The molecule has 36 heavy (non-hydrogen) atoms. The number of amides is 3. The van der Waals surface area contributed by atoms with E-state index in [2.05, 4.69) is 10.3 Å². The van der Waals surface area contributed by atoms with Crippen molar-refractivity contribution in [3.63, 3.8) is 0 Å². The highest BCUT2D eigenvalue weighted by Gasteiger charge is 2.36. The molecule has 1 atom stereocenters. The molecule has 11 nitrogen and oxygen atoms in total. The van der Waals surface area contributed by atoms with Crippen molar-refractivity contribution in [3.05, 3.63) is 57.5 Å². The summed E-state index contributed by atoms with van der Waals surface area (Å²) in [5.74, 6) is -3.49. The zero-order valence-electron chi connectivity index (χ0n) is 21.0. The Kier molecular flexibility index (Phi) is 8.08. The van der Waals surface area contributed by atoms with Crippen LogP contribution in [0.15, 0.2) is 29.1 Å². The Morgan fingerprint density at radius 2 is 1.78 bits per heavy atom. The van der Waals surface area contributed by atoms with E-state index in [1.807, 2.05) is 18.7 Å². The van der Waals surface area contributed by atoms with Gasteiger partial charge in [0.25, 0.3) is 11.5 Å². The highest BCUT2D eigenvalue weighted by molar-refractivity contribution is 6.34. The van der Waals surface area contributed by atoms with Crippen molar-refractivity contribution in [2.24, 2.45) is 0 Å². The van der Waals surface area contributed by atoms with Crippen molar-refractivity contribution < 1.29 is 23.9 Å². The first-order valence-corrected chi connectivity index (χ1v) is 11.5. The number of rotatable bonds is 5. The first-order valence-electron chi connectivity index (χ1n) is 11.5. The topological polar surface area (TPSA) is 128 Å². The Morgan fingerprint density at radius 1 is 1.14 bits per heavy atom. The van der Waals surface area contributed by atoms with Gasteiger partial charge in [0, 0.05) is 53.4 Å². The summed E-state index contributed by atoms with van der Waals surface area (Å²) in [5, 5.41) is 13.1. The summed E-state index contributed by atoms with van der Waals surface area (Å²) < 4.78 is 14.4. The molecule has 0 fully saturated rings. The highest BCUT2D eigenvalue weighted by Crippen LogP contribution is 2.25. The van der Waals surface area contributed by atoms with Gasteiger partial charge >= 0.3 is 11.8 Å². The molecular weight excluding hydrogens is 471 g/mol. The van der Waals surface area contributed by atoms with Crippen molar-refractivity contribution in [1.82, 2.24) is 29.6 Å². The predicted molar refractivity (Wildman–Crippen MR) is 129 cm³/mol. The van der Waals surface area contributed by atoms with Crippen LogP contribution in [-0.2, 0) is 22.7 Å². The molecule has 2 aromatic rings. The third-order valence-corrected chi connectivity index (χ3v) is 6.18. The summed E-state index contributed by atoms with van der Waals surface area (Å²) >= 11 is 0. The summed E-state index contributed by atoms with van der Waals surface area (Å²) in [6, 6.07) is 4.69. The Labute approximate surface area is 208 Å². The van der Waals surface area contributed by atoms with Crippen molar-refractivity contribution >= 4 is 17.7 Å². The van der Waals surface area contributed by atoms with Gasteiger partial charge in [-0.2, -0.15) is 0 Å². The van der Waals surface area contributed by atoms with Crippen LogP contribution in [0.25, 0.3) is 0 Å². The lowest BCUT2D eigenvalue weighted by atomic mass is 10.1. The van der Waals surface area contributed by atoms with Crippen molar-refractivity contribution in [1.29, 1.82) is 0 Å². The molecule has 0 aliphatic carbocycles. The minimum absolute atomic E-state index is 0.0128. The summed E-state index contributed by atoms with van der Waals surface area (Å²) in [4.78, 5) is 60.0. The van der Waals surface area contributed by atoms with Crippen LogP contribution in [0.2, 0.25) is 0 Å². The molecule has 0 saturated heterocycles. The van der Waals surface area contributed by atoms with Gasteiger partial charge in [0.1, 0.15) is 17.7 Å². The molecule has 3 amide bonds. The van der Waals surface area contributed by atoms with Crippen LogP contribution in [-0.4, -0.2) is 87.4 Å². The Morgan fingerprint density at radius 3 is 2.36 bits per heavy atom. The summed E-state index contributed by atoms with van der Waals surface area (Å²) in [7, 11) is 4.36. The van der Waals surface area contributed by atoms with Gasteiger partial charge in [-0.15, -0.1) is 0 Å². The third-order valence-electron chi connectivity index (χ3n) is 6.18. The summed E-state index contributed by atoms with van der Waals surface area (Å²) in [6.45, 7) is 4.80. The first-order chi connectivity index (χ1) is 16.9. The van der Waals surface area contributed by atoms with Gasteiger partial charge in [0.05, 0.1) is 0 Å². The van der Waals surface area contributed by atoms with Crippen LogP contribution in [0.4, 0.5) is 4.39 Å². The lowest BCUT2D eigenvalue weighted by Gasteiger charge is -2.32. The molecule has 1 aliphatic heterocycles. The number of halogens is 1. The predicted octanol–water partition coefficient (Wildman–Crippen LogP) is 0.330. The van der Waals surface area contributed by atoms with Crippen molar-refractivity contribution in [3.8, 4) is 5.75 Å². The zero-order valence-corrected chi connectivity index (χ0v) is 21.0. The minimum atomic E-state index is -0.844. The molecule has 194 valence electrons. The molecule has 0 radical (unpaired) electrons. The maximum atomic E-state index is 13.1. The van der Waals surface area contributed by atoms with E-state index in [-0.39, 0.29) is 31.5 Å². The number of benzene rings is 1. The van der Waals surface area contributed by atoms with Crippen LogP contribution >= 0.6 is 0 Å². The number of hydrogen-bond acceptors (Lipinski definition) is 7. The zero-order chi connectivity index (χ0) is 26.7. The van der Waals surface area contributed by atoms with Crippen LogP contribution < -0.4 is 10.9 Å². The molecule has 1 aromatic carbocycles. The molecule has 1 aliphatic rings. The number of aromatic hydroxyl groups is 1. The average Bonchev–Trinajstić information content (AvgIpc) is 3.04. The number of hydrogen-bond donors (Lipinski definition) is 2. The molecular formula is C24H31FN6O5. The fourth-order valence-corrected chi connectivity index (χ4v) is 3.93.